The number of nitrogens with zero attached hydrogens (tertiary/aromatic N) is 1. The second-order valence-electron chi connectivity index (χ2n) is 6.09. The van der Waals surface area contributed by atoms with Crippen LogP contribution in [-0.2, 0) is 9.53 Å². The summed E-state index contributed by atoms with van der Waals surface area (Å²) in [4.78, 5) is 26.3. The van der Waals surface area contributed by atoms with Gasteiger partial charge in [0.1, 0.15) is 16.9 Å². The fourth-order valence-electron chi connectivity index (χ4n) is 2.90. The van der Waals surface area contributed by atoms with E-state index in [1.165, 1.54) is 24.9 Å². The predicted octanol–water partition coefficient (Wildman–Crippen LogP) is 3.57. The topological polar surface area (TPSA) is 55.8 Å². The third-order valence-corrected chi connectivity index (χ3v) is 5.60. The molecule has 0 N–H and O–H groups in total. The van der Waals surface area contributed by atoms with E-state index in [9.17, 15) is 14.0 Å². The largest absolute Gasteiger partial charge is 0.496 e. The summed E-state index contributed by atoms with van der Waals surface area (Å²) in [6, 6.07) is 11.4. The van der Waals surface area contributed by atoms with E-state index in [0.717, 1.165) is 5.56 Å². The summed E-state index contributed by atoms with van der Waals surface area (Å²) >= 11 is 1.49. The number of ether oxygens (including phenoxy) is 2. The monoisotopic (exact) mass is 389 g/mol. The van der Waals surface area contributed by atoms with E-state index in [4.69, 9.17) is 9.47 Å². The molecule has 1 aliphatic heterocycles. The number of hydrogen-bond donors (Lipinski definition) is 0. The molecule has 0 aliphatic carbocycles. The minimum absolute atomic E-state index is 0.312. The van der Waals surface area contributed by atoms with E-state index in [1.54, 1.807) is 41.3 Å². The van der Waals surface area contributed by atoms with E-state index >= 15 is 0 Å². The van der Waals surface area contributed by atoms with E-state index < -0.39 is 11.3 Å². The van der Waals surface area contributed by atoms with Crippen molar-refractivity contribution >= 4 is 23.6 Å². The molecule has 0 unspecified atom stereocenters. The number of halogens is 1. The number of benzene rings is 2. The summed E-state index contributed by atoms with van der Waals surface area (Å²) in [6.07, 6.45) is 0. The molecule has 1 fully saturated rings. The van der Waals surface area contributed by atoms with Crippen LogP contribution >= 0.6 is 11.8 Å². The lowest BCUT2D eigenvalue weighted by atomic mass is 10.1. The van der Waals surface area contributed by atoms with Gasteiger partial charge in [-0.1, -0.05) is 24.3 Å². The highest BCUT2D eigenvalue weighted by molar-refractivity contribution is 7.99. The molecule has 0 spiro atoms. The lowest BCUT2D eigenvalue weighted by Gasteiger charge is -2.24. The second-order valence-corrected chi connectivity index (χ2v) is 7.28. The van der Waals surface area contributed by atoms with E-state index in [0.29, 0.717) is 29.2 Å². The van der Waals surface area contributed by atoms with Crippen LogP contribution in [0.15, 0.2) is 42.5 Å². The Balaban J connectivity index is 1.65. The lowest BCUT2D eigenvalue weighted by molar-refractivity contribution is -0.134. The van der Waals surface area contributed by atoms with Crippen LogP contribution in [0.4, 0.5) is 4.39 Å². The number of aryl methyl sites for hydroxylation is 1. The molecule has 0 aromatic heterocycles. The first-order chi connectivity index (χ1) is 13.0. The van der Waals surface area contributed by atoms with Crippen molar-refractivity contribution in [2.24, 2.45) is 0 Å². The molecule has 7 heteroatoms. The van der Waals surface area contributed by atoms with Gasteiger partial charge >= 0.3 is 5.97 Å². The van der Waals surface area contributed by atoms with Gasteiger partial charge in [0.2, 0.25) is 0 Å². The highest BCUT2D eigenvalue weighted by atomic mass is 32.2. The molecule has 2 aromatic rings. The highest BCUT2D eigenvalue weighted by Crippen LogP contribution is 2.38. The van der Waals surface area contributed by atoms with Gasteiger partial charge < -0.3 is 14.4 Å². The summed E-state index contributed by atoms with van der Waals surface area (Å²) in [6.45, 7) is 1.96. The number of methoxy groups -OCH3 is 1. The average molecular weight is 389 g/mol. The summed E-state index contributed by atoms with van der Waals surface area (Å²) in [5, 5.41) is -0.406. The van der Waals surface area contributed by atoms with Crippen LogP contribution in [0.2, 0.25) is 0 Å². The number of esters is 1. The molecule has 0 saturated carbocycles. The van der Waals surface area contributed by atoms with Gasteiger partial charge in [0.05, 0.1) is 12.7 Å². The SMILES string of the molecule is COc1cc(C(=O)OCC(=O)N2CCS[C@H]2c2ccccc2F)ccc1C. The van der Waals surface area contributed by atoms with Gasteiger partial charge in [0.15, 0.2) is 6.61 Å². The van der Waals surface area contributed by atoms with Gasteiger partial charge in [-0.05, 0) is 30.7 Å². The van der Waals surface area contributed by atoms with Crippen molar-refractivity contribution in [1.82, 2.24) is 4.90 Å². The van der Waals surface area contributed by atoms with Crippen LogP contribution in [0.25, 0.3) is 0 Å². The second kappa shape index (κ2) is 8.43. The number of thioether (sulfide) groups is 1. The molecule has 0 bridgehead atoms. The molecular formula is C20H20FNO4S. The van der Waals surface area contributed by atoms with Crippen LogP contribution in [0, 0.1) is 12.7 Å². The van der Waals surface area contributed by atoms with Gasteiger partial charge in [-0.2, -0.15) is 0 Å². The van der Waals surface area contributed by atoms with E-state index in [2.05, 4.69) is 0 Å². The average Bonchev–Trinajstić information content (AvgIpc) is 3.16. The number of carbonyl (C=O) groups excluding carboxylic acids is 2. The van der Waals surface area contributed by atoms with Crippen molar-refractivity contribution in [3.63, 3.8) is 0 Å². The zero-order valence-electron chi connectivity index (χ0n) is 15.1. The minimum atomic E-state index is -0.601. The van der Waals surface area contributed by atoms with Crippen molar-refractivity contribution in [3.05, 3.63) is 65.0 Å². The Morgan fingerprint density at radius 2 is 2.04 bits per heavy atom. The summed E-state index contributed by atoms with van der Waals surface area (Å²) < 4.78 is 24.4. The Morgan fingerprint density at radius 3 is 2.78 bits per heavy atom. The number of rotatable bonds is 5. The molecule has 3 rings (SSSR count). The van der Waals surface area contributed by atoms with Crippen LogP contribution in [-0.4, -0.2) is 42.8 Å². The van der Waals surface area contributed by atoms with Crippen molar-refractivity contribution in [3.8, 4) is 5.75 Å². The Morgan fingerprint density at radius 1 is 1.26 bits per heavy atom. The van der Waals surface area contributed by atoms with Crippen LogP contribution < -0.4 is 4.74 Å². The van der Waals surface area contributed by atoms with Crippen LogP contribution in [0.3, 0.4) is 0 Å². The molecule has 142 valence electrons. The zero-order chi connectivity index (χ0) is 19.4. The molecule has 1 aliphatic rings. The molecule has 27 heavy (non-hydrogen) atoms. The Bertz CT molecular complexity index is 858. The van der Waals surface area contributed by atoms with Crippen LogP contribution in [0.5, 0.6) is 5.75 Å². The number of amides is 1. The quantitative estimate of drug-likeness (QED) is 0.732. The van der Waals surface area contributed by atoms with Crippen LogP contribution in [0.1, 0.15) is 26.9 Å². The number of carbonyl (C=O) groups is 2. The molecule has 1 atom stereocenters. The number of hydrogen-bond acceptors (Lipinski definition) is 5. The standard InChI is InChI=1S/C20H20FNO4S/c1-13-7-8-14(11-17(13)25-2)20(24)26-12-18(23)22-9-10-27-19(22)15-5-3-4-6-16(15)21/h3-8,11,19H,9-10,12H2,1-2H3/t19-/m0/s1. The lowest BCUT2D eigenvalue weighted by Crippen LogP contribution is -2.34. The summed E-state index contributed by atoms with van der Waals surface area (Å²) in [5.41, 5.74) is 1.67. The maximum Gasteiger partial charge on any atom is 0.338 e. The third kappa shape index (κ3) is 4.24. The molecule has 1 saturated heterocycles. The van der Waals surface area contributed by atoms with Gasteiger partial charge in [-0.15, -0.1) is 11.8 Å². The van der Waals surface area contributed by atoms with Crippen molar-refractivity contribution in [1.29, 1.82) is 0 Å². The first kappa shape index (κ1) is 19.2. The molecule has 2 aromatic carbocycles. The zero-order valence-corrected chi connectivity index (χ0v) is 15.9. The fraction of sp³-hybridized carbons (Fsp3) is 0.300. The van der Waals surface area contributed by atoms with Gasteiger partial charge in [0.25, 0.3) is 5.91 Å². The minimum Gasteiger partial charge on any atom is -0.496 e. The molecule has 0 radical (unpaired) electrons. The predicted molar refractivity (Wildman–Crippen MR) is 101 cm³/mol. The van der Waals surface area contributed by atoms with Crippen molar-refractivity contribution in [2.45, 2.75) is 12.3 Å². The third-order valence-electron chi connectivity index (χ3n) is 4.35. The van der Waals surface area contributed by atoms with E-state index in [-0.39, 0.29) is 18.3 Å². The van der Waals surface area contributed by atoms with E-state index in [1.807, 2.05) is 6.92 Å². The summed E-state index contributed by atoms with van der Waals surface area (Å²) in [7, 11) is 1.52. The van der Waals surface area contributed by atoms with Gasteiger partial charge in [-0.3, -0.25) is 4.79 Å². The van der Waals surface area contributed by atoms with Gasteiger partial charge in [-0.25, -0.2) is 9.18 Å². The maximum atomic E-state index is 14.1. The fourth-order valence-corrected chi connectivity index (χ4v) is 4.20. The normalized spacial score (nSPS) is 16.3. The molecule has 5 nitrogen and oxygen atoms in total. The highest BCUT2D eigenvalue weighted by Gasteiger charge is 2.32. The Labute approximate surface area is 161 Å². The van der Waals surface area contributed by atoms with Gasteiger partial charge in [0, 0.05) is 17.9 Å². The molecule has 1 heterocycles. The summed E-state index contributed by atoms with van der Waals surface area (Å²) in [5.74, 6) is -0.0187. The van der Waals surface area contributed by atoms with Crippen molar-refractivity contribution < 1.29 is 23.5 Å². The van der Waals surface area contributed by atoms with Crippen molar-refractivity contribution in [2.75, 3.05) is 26.0 Å². The smallest absolute Gasteiger partial charge is 0.338 e. The Kier molecular flexibility index (Phi) is 6.01. The molecular weight excluding hydrogens is 369 g/mol. The maximum absolute atomic E-state index is 14.1. The first-order valence-corrected chi connectivity index (χ1v) is 9.53. The Hall–Kier alpha value is -2.54. The molecule has 1 amide bonds. The first-order valence-electron chi connectivity index (χ1n) is 8.48.